The minimum atomic E-state index is -0.935. The van der Waals surface area contributed by atoms with Crippen molar-refractivity contribution >= 4 is 6.40 Å². The zero-order valence-electron chi connectivity index (χ0n) is 3.98. The van der Waals surface area contributed by atoms with Crippen molar-refractivity contribution in [3.8, 4) is 0 Å². The van der Waals surface area contributed by atoms with E-state index in [9.17, 15) is 10.1 Å². The van der Waals surface area contributed by atoms with E-state index >= 15 is 0 Å². The summed E-state index contributed by atoms with van der Waals surface area (Å²) >= 11 is 0. The molecule has 1 heterocycles. The van der Waals surface area contributed by atoms with Gasteiger partial charge >= 0.3 is 6.23 Å². The predicted molar refractivity (Wildman–Crippen MR) is 25.2 cm³/mol. The summed E-state index contributed by atoms with van der Waals surface area (Å²) < 4.78 is 4.42. The molecule has 0 spiro atoms. The maximum atomic E-state index is 9.80. The molecule has 5 heteroatoms. The van der Waals surface area contributed by atoms with Crippen LogP contribution in [0.15, 0.2) is 4.99 Å². The Morgan fingerprint density at radius 2 is 2.75 bits per heavy atom. The molecule has 0 aromatic carbocycles. The Morgan fingerprint density at radius 1 is 2.00 bits per heavy atom. The normalized spacial score (nSPS) is 25.2. The number of hydrogen-bond donors (Lipinski definition) is 0. The van der Waals surface area contributed by atoms with Gasteiger partial charge in [-0.15, -0.1) is 0 Å². The molecule has 0 aromatic rings. The molecule has 0 aromatic heterocycles. The first-order valence-electron chi connectivity index (χ1n) is 2.08. The summed E-state index contributed by atoms with van der Waals surface area (Å²) in [6.07, 6.45) is 0.169. The van der Waals surface area contributed by atoms with Crippen molar-refractivity contribution < 1.29 is 9.66 Å². The maximum Gasteiger partial charge on any atom is 0.374 e. The number of nitrogens with zero attached hydrogens (tertiary/aromatic N) is 2. The van der Waals surface area contributed by atoms with Gasteiger partial charge < -0.3 is 4.74 Å². The molecular weight excluding hydrogens is 112 g/mol. The lowest BCUT2D eigenvalue weighted by Gasteiger charge is -1.95. The fourth-order valence-corrected chi connectivity index (χ4v) is 0.406. The molecule has 44 valence electrons. The average Bonchev–Trinajstić information content (AvgIpc) is 2.12. The topological polar surface area (TPSA) is 64.7 Å². The molecule has 0 aliphatic carbocycles. The Labute approximate surface area is 45.1 Å². The molecule has 0 bridgehead atoms. The van der Waals surface area contributed by atoms with E-state index in [0.29, 0.717) is 0 Å². The van der Waals surface area contributed by atoms with E-state index in [0.717, 1.165) is 6.40 Å². The van der Waals surface area contributed by atoms with Gasteiger partial charge in [0.25, 0.3) is 0 Å². The summed E-state index contributed by atoms with van der Waals surface area (Å²) in [4.78, 5) is 12.8. The zero-order valence-corrected chi connectivity index (χ0v) is 3.98. The molecule has 0 amide bonds. The highest BCUT2D eigenvalue weighted by molar-refractivity contribution is 5.48. The third kappa shape index (κ3) is 0.749. The minimum absolute atomic E-state index is 0.146. The van der Waals surface area contributed by atoms with Gasteiger partial charge in [0.2, 0.25) is 0 Å². The lowest BCUT2D eigenvalue weighted by Crippen LogP contribution is -2.20. The summed E-state index contributed by atoms with van der Waals surface area (Å²) in [5.74, 6) is 0. The molecule has 0 saturated carbocycles. The molecule has 1 unspecified atom stereocenters. The van der Waals surface area contributed by atoms with Gasteiger partial charge in [0, 0.05) is 0 Å². The number of ether oxygens (including phenoxy) is 1. The second kappa shape index (κ2) is 1.77. The van der Waals surface area contributed by atoms with Gasteiger partial charge in [-0.1, -0.05) is 0 Å². The number of hydrogen-bond acceptors (Lipinski definition) is 4. The largest absolute Gasteiger partial charge is 0.418 e. The Balaban J connectivity index is 2.41. The van der Waals surface area contributed by atoms with Gasteiger partial charge in [-0.05, 0) is 0 Å². The van der Waals surface area contributed by atoms with Crippen molar-refractivity contribution in [3.05, 3.63) is 10.1 Å². The molecule has 1 aliphatic heterocycles. The van der Waals surface area contributed by atoms with Crippen molar-refractivity contribution in [1.29, 1.82) is 0 Å². The third-order valence-corrected chi connectivity index (χ3v) is 0.789. The number of aliphatic imine (C=N–C) groups is 1. The molecule has 0 radical (unpaired) electrons. The van der Waals surface area contributed by atoms with Crippen LogP contribution in [-0.4, -0.2) is 24.1 Å². The van der Waals surface area contributed by atoms with Crippen molar-refractivity contribution in [3.63, 3.8) is 0 Å². The Kier molecular flexibility index (Phi) is 1.11. The minimum Gasteiger partial charge on any atom is -0.418 e. The second-order valence-corrected chi connectivity index (χ2v) is 1.35. The van der Waals surface area contributed by atoms with Gasteiger partial charge in [0.15, 0.2) is 6.40 Å². The molecule has 0 saturated heterocycles. The summed E-state index contributed by atoms with van der Waals surface area (Å²) in [7, 11) is 0. The fraction of sp³-hybridized carbons (Fsp3) is 0.667. The quantitative estimate of drug-likeness (QED) is 0.347. The molecule has 0 fully saturated rings. The first-order chi connectivity index (χ1) is 3.80. The lowest BCUT2D eigenvalue weighted by molar-refractivity contribution is -0.558. The van der Waals surface area contributed by atoms with Gasteiger partial charge in [-0.25, -0.2) is 4.99 Å². The van der Waals surface area contributed by atoms with E-state index in [-0.39, 0.29) is 6.54 Å². The smallest absolute Gasteiger partial charge is 0.374 e. The Morgan fingerprint density at radius 3 is 3.00 bits per heavy atom. The monoisotopic (exact) mass is 116 g/mol. The van der Waals surface area contributed by atoms with E-state index < -0.39 is 11.2 Å². The Hall–Kier alpha value is -1.13. The molecular formula is C3H4N2O3. The maximum absolute atomic E-state index is 9.80. The van der Waals surface area contributed by atoms with Crippen LogP contribution in [0.1, 0.15) is 0 Å². The van der Waals surface area contributed by atoms with Crippen LogP contribution in [0.5, 0.6) is 0 Å². The van der Waals surface area contributed by atoms with Crippen LogP contribution in [0.2, 0.25) is 0 Å². The highest BCUT2D eigenvalue weighted by atomic mass is 16.7. The second-order valence-electron chi connectivity index (χ2n) is 1.35. The van der Waals surface area contributed by atoms with Crippen LogP contribution in [0.4, 0.5) is 0 Å². The number of rotatable bonds is 1. The van der Waals surface area contributed by atoms with E-state index in [1.54, 1.807) is 0 Å². The zero-order chi connectivity index (χ0) is 5.98. The Bertz CT molecular complexity index is 124. The average molecular weight is 116 g/mol. The molecule has 1 aliphatic rings. The van der Waals surface area contributed by atoms with Crippen molar-refractivity contribution in [2.45, 2.75) is 6.23 Å². The standard InChI is InChI=1S/C3H4N2O3/c6-5(7)3-1-4-2-8-3/h2-3H,1H2. The van der Waals surface area contributed by atoms with Crippen molar-refractivity contribution in [2.24, 2.45) is 4.99 Å². The molecule has 1 atom stereocenters. The summed E-state index contributed by atoms with van der Waals surface area (Å²) in [5, 5.41) is 9.80. The lowest BCUT2D eigenvalue weighted by atomic mass is 10.6. The summed E-state index contributed by atoms with van der Waals surface area (Å²) in [6, 6.07) is 0. The highest BCUT2D eigenvalue weighted by Crippen LogP contribution is 1.97. The highest BCUT2D eigenvalue weighted by Gasteiger charge is 2.22. The van der Waals surface area contributed by atoms with Crippen molar-refractivity contribution in [2.75, 3.05) is 6.54 Å². The van der Waals surface area contributed by atoms with Crippen LogP contribution < -0.4 is 0 Å². The molecule has 0 N–H and O–H groups in total. The predicted octanol–water partition coefficient (Wildman–Crippen LogP) is -0.352. The van der Waals surface area contributed by atoms with Crippen LogP contribution in [-0.2, 0) is 4.74 Å². The fourth-order valence-electron chi connectivity index (χ4n) is 0.406. The SMILES string of the molecule is O=[N+]([O-])C1CN=CO1. The van der Waals surface area contributed by atoms with E-state index in [1.807, 2.05) is 0 Å². The van der Waals surface area contributed by atoms with Gasteiger partial charge in [0.1, 0.15) is 6.54 Å². The molecule has 1 rings (SSSR count). The molecule has 8 heavy (non-hydrogen) atoms. The van der Waals surface area contributed by atoms with Crippen LogP contribution in [0, 0.1) is 10.1 Å². The van der Waals surface area contributed by atoms with E-state index in [4.69, 9.17) is 0 Å². The van der Waals surface area contributed by atoms with Gasteiger partial charge in [-0.2, -0.15) is 0 Å². The van der Waals surface area contributed by atoms with E-state index in [2.05, 4.69) is 9.73 Å². The number of nitro groups is 1. The van der Waals surface area contributed by atoms with Gasteiger partial charge in [-0.3, -0.25) is 10.1 Å². The summed E-state index contributed by atoms with van der Waals surface area (Å²) in [5.41, 5.74) is 0. The van der Waals surface area contributed by atoms with Crippen molar-refractivity contribution in [1.82, 2.24) is 0 Å². The summed E-state index contributed by atoms with van der Waals surface area (Å²) in [6.45, 7) is 0.146. The first kappa shape index (κ1) is 5.02. The van der Waals surface area contributed by atoms with Crippen LogP contribution in [0.3, 0.4) is 0 Å². The van der Waals surface area contributed by atoms with Crippen LogP contribution >= 0.6 is 0 Å². The van der Waals surface area contributed by atoms with Gasteiger partial charge in [0.05, 0.1) is 4.92 Å². The third-order valence-electron chi connectivity index (χ3n) is 0.789. The molecule has 5 nitrogen and oxygen atoms in total. The van der Waals surface area contributed by atoms with Crippen LogP contribution in [0.25, 0.3) is 0 Å². The first-order valence-corrected chi connectivity index (χ1v) is 2.08. The van der Waals surface area contributed by atoms with E-state index in [1.165, 1.54) is 0 Å².